The lowest BCUT2D eigenvalue weighted by Gasteiger charge is -2.30. The molecule has 0 aromatic carbocycles. The van der Waals surface area contributed by atoms with Gasteiger partial charge in [-0.15, -0.1) is 0 Å². The number of piperidine rings is 1. The predicted octanol–water partition coefficient (Wildman–Crippen LogP) is 1.81. The summed E-state index contributed by atoms with van der Waals surface area (Å²) in [5, 5.41) is 7.92. The van der Waals surface area contributed by atoms with Crippen molar-refractivity contribution in [2.24, 2.45) is 5.92 Å². The molecule has 1 aromatic rings. The number of halogens is 1. The summed E-state index contributed by atoms with van der Waals surface area (Å²) in [6.07, 6.45) is 6.07. The van der Waals surface area contributed by atoms with E-state index in [-0.39, 0.29) is 5.56 Å². The molecule has 0 atom stereocenters. The van der Waals surface area contributed by atoms with Gasteiger partial charge >= 0.3 is 0 Å². The van der Waals surface area contributed by atoms with Crippen LogP contribution in [-0.4, -0.2) is 40.9 Å². The summed E-state index contributed by atoms with van der Waals surface area (Å²) >= 11 is 6.15. The fourth-order valence-corrected chi connectivity index (χ4v) is 2.81. The van der Waals surface area contributed by atoms with Crippen LogP contribution in [0.3, 0.4) is 0 Å². The zero-order valence-corrected chi connectivity index (χ0v) is 12.6. The van der Waals surface area contributed by atoms with Gasteiger partial charge < -0.3 is 10.2 Å². The fraction of sp³-hybridized carbons (Fsp3) is 0.714. The van der Waals surface area contributed by atoms with Gasteiger partial charge in [-0.2, -0.15) is 5.10 Å². The lowest BCUT2D eigenvalue weighted by atomic mass is 10.1. The number of hydrogen-bond acceptors (Lipinski definition) is 4. The van der Waals surface area contributed by atoms with Crippen LogP contribution in [0.5, 0.6) is 0 Å². The second kappa shape index (κ2) is 5.74. The summed E-state index contributed by atoms with van der Waals surface area (Å²) in [6, 6.07) is 0.327. The maximum absolute atomic E-state index is 12.4. The van der Waals surface area contributed by atoms with Gasteiger partial charge in [-0.05, 0) is 51.7 Å². The molecule has 1 N–H and O–H groups in total. The van der Waals surface area contributed by atoms with Gasteiger partial charge in [-0.1, -0.05) is 11.6 Å². The summed E-state index contributed by atoms with van der Waals surface area (Å²) in [5.41, 5.74) is 0.445. The quantitative estimate of drug-likeness (QED) is 0.921. The molecule has 1 aliphatic heterocycles. The molecule has 1 saturated carbocycles. The van der Waals surface area contributed by atoms with Crippen LogP contribution in [0.1, 0.15) is 25.7 Å². The summed E-state index contributed by atoms with van der Waals surface area (Å²) in [4.78, 5) is 14.7. The number of rotatable bonds is 4. The van der Waals surface area contributed by atoms with Crippen molar-refractivity contribution in [1.82, 2.24) is 14.7 Å². The van der Waals surface area contributed by atoms with Crippen LogP contribution >= 0.6 is 11.6 Å². The second-order valence-corrected chi connectivity index (χ2v) is 6.43. The van der Waals surface area contributed by atoms with E-state index in [0.717, 1.165) is 32.5 Å². The zero-order chi connectivity index (χ0) is 14.1. The summed E-state index contributed by atoms with van der Waals surface area (Å²) < 4.78 is 1.56. The van der Waals surface area contributed by atoms with Crippen LogP contribution in [-0.2, 0) is 6.54 Å². The van der Waals surface area contributed by atoms with E-state index in [1.807, 2.05) is 0 Å². The minimum Gasteiger partial charge on any atom is -0.376 e. The lowest BCUT2D eigenvalue weighted by Crippen LogP contribution is -2.38. The predicted molar refractivity (Wildman–Crippen MR) is 80.4 cm³/mol. The largest absolute Gasteiger partial charge is 0.376 e. The first kappa shape index (κ1) is 13.9. The third-order valence-electron chi connectivity index (χ3n) is 4.19. The normalized spacial score (nSPS) is 21.1. The van der Waals surface area contributed by atoms with E-state index >= 15 is 0 Å². The fourth-order valence-electron chi connectivity index (χ4n) is 2.63. The van der Waals surface area contributed by atoms with Crippen molar-refractivity contribution in [3.8, 4) is 0 Å². The van der Waals surface area contributed by atoms with Crippen molar-refractivity contribution in [1.29, 1.82) is 0 Å². The van der Waals surface area contributed by atoms with Crippen molar-refractivity contribution in [3.05, 3.63) is 21.6 Å². The standard InChI is InChI=1S/C14H21ClN4O/c1-18-6-4-11(5-7-18)17-13-12(15)8-16-19(14(13)20)9-10-2-3-10/h8,10-11,17H,2-7,9H2,1H3. The highest BCUT2D eigenvalue weighted by Crippen LogP contribution is 2.30. The van der Waals surface area contributed by atoms with Gasteiger partial charge in [0.05, 0.1) is 11.2 Å². The van der Waals surface area contributed by atoms with Crippen molar-refractivity contribution in [2.45, 2.75) is 38.3 Å². The Morgan fingerprint density at radius 3 is 2.70 bits per heavy atom. The molecule has 6 heteroatoms. The average Bonchev–Trinajstić information content (AvgIpc) is 3.24. The number of hydrogen-bond donors (Lipinski definition) is 1. The number of likely N-dealkylation sites (tertiary alicyclic amines) is 1. The van der Waals surface area contributed by atoms with E-state index in [9.17, 15) is 4.79 Å². The maximum Gasteiger partial charge on any atom is 0.291 e. The molecule has 5 nitrogen and oxygen atoms in total. The minimum absolute atomic E-state index is 0.0803. The molecule has 2 heterocycles. The van der Waals surface area contributed by atoms with Gasteiger partial charge in [0.1, 0.15) is 5.69 Å². The first-order valence-electron chi connectivity index (χ1n) is 7.34. The van der Waals surface area contributed by atoms with Crippen LogP contribution in [0.25, 0.3) is 0 Å². The van der Waals surface area contributed by atoms with Crippen LogP contribution in [0.15, 0.2) is 11.0 Å². The SMILES string of the molecule is CN1CCC(Nc2c(Cl)cnn(CC3CC3)c2=O)CC1. The van der Waals surface area contributed by atoms with Crippen LogP contribution in [0.4, 0.5) is 5.69 Å². The second-order valence-electron chi connectivity index (χ2n) is 6.02. The van der Waals surface area contributed by atoms with Gasteiger partial charge in [0.2, 0.25) is 0 Å². The van der Waals surface area contributed by atoms with Crippen LogP contribution < -0.4 is 10.9 Å². The molecule has 2 fully saturated rings. The summed E-state index contributed by atoms with van der Waals surface area (Å²) in [6.45, 7) is 2.82. The highest BCUT2D eigenvalue weighted by Gasteiger charge is 2.24. The molecule has 0 spiro atoms. The number of anilines is 1. The Hall–Kier alpha value is -1.07. The number of nitrogens with one attached hydrogen (secondary N) is 1. The van der Waals surface area contributed by atoms with E-state index in [0.29, 0.717) is 22.7 Å². The first-order chi connectivity index (χ1) is 9.63. The van der Waals surface area contributed by atoms with E-state index in [1.54, 1.807) is 10.9 Å². The number of nitrogens with zero attached hydrogens (tertiary/aromatic N) is 3. The topological polar surface area (TPSA) is 50.2 Å². The Morgan fingerprint density at radius 1 is 1.35 bits per heavy atom. The molecule has 0 unspecified atom stereocenters. The molecule has 1 saturated heterocycles. The molecule has 2 aliphatic rings. The monoisotopic (exact) mass is 296 g/mol. The third kappa shape index (κ3) is 3.15. The summed E-state index contributed by atoms with van der Waals surface area (Å²) in [7, 11) is 2.12. The molecule has 1 aromatic heterocycles. The van der Waals surface area contributed by atoms with Gasteiger partial charge in [-0.25, -0.2) is 4.68 Å². The maximum atomic E-state index is 12.4. The molecule has 0 bridgehead atoms. The lowest BCUT2D eigenvalue weighted by molar-refractivity contribution is 0.263. The highest BCUT2D eigenvalue weighted by atomic mass is 35.5. The van der Waals surface area contributed by atoms with Gasteiger partial charge in [0, 0.05) is 12.6 Å². The van der Waals surface area contributed by atoms with Crippen molar-refractivity contribution >= 4 is 17.3 Å². The Kier molecular flexibility index (Phi) is 3.98. The van der Waals surface area contributed by atoms with Gasteiger partial charge in [-0.3, -0.25) is 4.79 Å². The highest BCUT2D eigenvalue weighted by molar-refractivity contribution is 6.33. The molecule has 110 valence electrons. The Labute approximate surface area is 123 Å². The Bertz CT molecular complexity index is 532. The Morgan fingerprint density at radius 2 is 2.05 bits per heavy atom. The third-order valence-corrected chi connectivity index (χ3v) is 4.48. The van der Waals surface area contributed by atoms with E-state index < -0.39 is 0 Å². The molecule has 0 amide bonds. The molecular weight excluding hydrogens is 276 g/mol. The zero-order valence-electron chi connectivity index (χ0n) is 11.8. The van der Waals surface area contributed by atoms with Crippen molar-refractivity contribution < 1.29 is 0 Å². The van der Waals surface area contributed by atoms with E-state index in [4.69, 9.17) is 11.6 Å². The molecule has 0 radical (unpaired) electrons. The van der Waals surface area contributed by atoms with Crippen molar-refractivity contribution in [2.75, 3.05) is 25.5 Å². The van der Waals surface area contributed by atoms with Crippen molar-refractivity contribution in [3.63, 3.8) is 0 Å². The Balaban J connectivity index is 1.75. The first-order valence-corrected chi connectivity index (χ1v) is 7.72. The van der Waals surface area contributed by atoms with Gasteiger partial charge in [0.25, 0.3) is 5.56 Å². The molecule has 20 heavy (non-hydrogen) atoms. The average molecular weight is 297 g/mol. The molecule has 3 rings (SSSR count). The van der Waals surface area contributed by atoms with Gasteiger partial charge in [0.15, 0.2) is 0 Å². The molecular formula is C14H21ClN4O. The smallest absolute Gasteiger partial charge is 0.291 e. The van der Waals surface area contributed by atoms with E-state index in [2.05, 4.69) is 22.4 Å². The van der Waals surface area contributed by atoms with Crippen LogP contribution in [0.2, 0.25) is 5.02 Å². The number of aromatic nitrogens is 2. The minimum atomic E-state index is -0.0803. The molecule has 1 aliphatic carbocycles. The summed E-state index contributed by atoms with van der Waals surface area (Å²) in [5.74, 6) is 0.623. The van der Waals surface area contributed by atoms with Crippen LogP contribution in [0, 0.1) is 5.92 Å². The van der Waals surface area contributed by atoms with E-state index in [1.165, 1.54) is 12.8 Å².